The normalized spacial score (nSPS) is 13.0. The Bertz CT molecular complexity index is 973. The fourth-order valence-corrected chi connectivity index (χ4v) is 2.78. The molecule has 3 aromatic rings. The third-order valence-corrected chi connectivity index (χ3v) is 4.05. The molecule has 120 valence electrons. The lowest BCUT2D eigenvalue weighted by Gasteiger charge is -2.10. The Kier molecular flexibility index (Phi) is 3.97. The Morgan fingerprint density at radius 3 is 2.16 bits per heavy atom. The first-order valence-corrected chi connectivity index (χ1v) is 8.13. The summed E-state index contributed by atoms with van der Waals surface area (Å²) in [5, 5.41) is 3.25. The van der Waals surface area contributed by atoms with Crippen molar-refractivity contribution in [3.63, 3.8) is 0 Å². The topological polar surface area (TPSA) is 41.5 Å². The van der Waals surface area contributed by atoms with Crippen molar-refractivity contribution < 1.29 is 4.79 Å². The highest BCUT2D eigenvalue weighted by molar-refractivity contribution is 6.19. The second-order valence-electron chi connectivity index (χ2n) is 5.76. The van der Waals surface area contributed by atoms with Gasteiger partial charge in [0.1, 0.15) is 0 Å². The highest BCUT2D eigenvalue weighted by atomic mass is 16.1. The number of carbonyl (C=O) groups is 1. The van der Waals surface area contributed by atoms with E-state index < -0.39 is 0 Å². The zero-order valence-electron chi connectivity index (χ0n) is 13.5. The molecular weight excluding hydrogens is 308 g/mol. The molecule has 0 aromatic heterocycles. The summed E-state index contributed by atoms with van der Waals surface area (Å²) in [6.07, 6.45) is 1.82. The maximum atomic E-state index is 13.0. The van der Waals surface area contributed by atoms with Crippen molar-refractivity contribution in [2.75, 3.05) is 5.32 Å². The number of para-hydroxylation sites is 2. The minimum atomic E-state index is -0.0547. The molecule has 0 spiro atoms. The number of anilines is 1. The van der Waals surface area contributed by atoms with Crippen LogP contribution in [0.2, 0.25) is 0 Å². The van der Waals surface area contributed by atoms with Gasteiger partial charge in [-0.2, -0.15) is 0 Å². The lowest BCUT2D eigenvalue weighted by atomic mass is 10.0. The number of ketones is 1. The molecule has 0 radical (unpaired) electrons. The zero-order chi connectivity index (χ0) is 17.1. The van der Waals surface area contributed by atoms with E-state index in [9.17, 15) is 4.79 Å². The summed E-state index contributed by atoms with van der Waals surface area (Å²) in [5.74, 6) is -0.0547. The van der Waals surface area contributed by atoms with Gasteiger partial charge < -0.3 is 5.32 Å². The maximum Gasteiger partial charge on any atom is 0.209 e. The van der Waals surface area contributed by atoms with Gasteiger partial charge in [-0.1, -0.05) is 72.8 Å². The van der Waals surface area contributed by atoms with Gasteiger partial charge >= 0.3 is 0 Å². The largest absolute Gasteiger partial charge is 0.350 e. The molecule has 25 heavy (non-hydrogen) atoms. The van der Waals surface area contributed by atoms with E-state index in [2.05, 4.69) is 5.32 Å². The first-order chi connectivity index (χ1) is 12.3. The van der Waals surface area contributed by atoms with Gasteiger partial charge in [-0.25, -0.2) is 4.99 Å². The Morgan fingerprint density at radius 2 is 1.40 bits per heavy atom. The molecule has 1 aliphatic heterocycles. The van der Waals surface area contributed by atoms with E-state index in [0.717, 1.165) is 22.6 Å². The molecule has 0 atom stereocenters. The van der Waals surface area contributed by atoms with Crippen molar-refractivity contribution >= 4 is 22.9 Å². The smallest absolute Gasteiger partial charge is 0.209 e. The Hall–Kier alpha value is -3.46. The standard InChI is InChI=1S/C22H16N2O/c25-22(17-11-5-2-6-12-17)21-15-20(16-9-3-1-4-10-16)23-18-13-7-8-14-19(18)24-21/h1-15,24H. The fourth-order valence-electron chi connectivity index (χ4n) is 2.78. The van der Waals surface area contributed by atoms with Crippen molar-refractivity contribution in [3.8, 4) is 0 Å². The van der Waals surface area contributed by atoms with Crippen LogP contribution in [0.1, 0.15) is 15.9 Å². The molecule has 0 amide bonds. The van der Waals surface area contributed by atoms with Crippen molar-refractivity contribution in [2.45, 2.75) is 0 Å². The summed E-state index contributed by atoms with van der Waals surface area (Å²) in [6.45, 7) is 0. The van der Waals surface area contributed by atoms with Crippen molar-refractivity contribution in [2.24, 2.45) is 4.99 Å². The number of benzene rings is 3. The number of fused-ring (bicyclic) bond motifs is 1. The molecule has 0 fully saturated rings. The third-order valence-electron chi connectivity index (χ3n) is 4.05. The molecule has 4 rings (SSSR count). The molecule has 0 saturated carbocycles. The van der Waals surface area contributed by atoms with Crippen molar-refractivity contribution in [1.82, 2.24) is 0 Å². The van der Waals surface area contributed by atoms with Gasteiger partial charge in [0, 0.05) is 11.1 Å². The number of nitrogens with zero attached hydrogens (tertiary/aromatic N) is 1. The monoisotopic (exact) mass is 324 g/mol. The number of carbonyl (C=O) groups excluding carboxylic acids is 1. The lowest BCUT2D eigenvalue weighted by Crippen LogP contribution is -2.13. The second kappa shape index (κ2) is 6.57. The molecule has 3 heteroatoms. The van der Waals surface area contributed by atoms with Crippen LogP contribution in [0.4, 0.5) is 11.4 Å². The summed E-state index contributed by atoms with van der Waals surface area (Å²) >= 11 is 0. The number of aliphatic imine (C=N–C) groups is 1. The minimum absolute atomic E-state index is 0.0547. The van der Waals surface area contributed by atoms with E-state index in [-0.39, 0.29) is 5.78 Å². The molecule has 1 aliphatic rings. The lowest BCUT2D eigenvalue weighted by molar-refractivity contribution is 0.103. The number of rotatable bonds is 3. The summed E-state index contributed by atoms with van der Waals surface area (Å²) in [7, 11) is 0. The van der Waals surface area contributed by atoms with E-state index in [1.165, 1.54) is 0 Å². The zero-order valence-corrected chi connectivity index (χ0v) is 13.5. The fraction of sp³-hybridized carbons (Fsp3) is 0. The number of hydrogen-bond acceptors (Lipinski definition) is 3. The van der Waals surface area contributed by atoms with Crippen LogP contribution in [0.3, 0.4) is 0 Å². The number of nitrogens with one attached hydrogen (secondary N) is 1. The predicted molar refractivity (Wildman–Crippen MR) is 102 cm³/mol. The molecule has 1 N–H and O–H groups in total. The number of hydrogen-bond donors (Lipinski definition) is 1. The molecule has 0 saturated heterocycles. The van der Waals surface area contributed by atoms with E-state index in [0.29, 0.717) is 11.3 Å². The van der Waals surface area contributed by atoms with Crippen LogP contribution in [-0.2, 0) is 0 Å². The molecule has 1 heterocycles. The van der Waals surface area contributed by atoms with Gasteiger partial charge in [-0.3, -0.25) is 4.79 Å². The SMILES string of the molecule is O=C(C1=CC(c2ccccc2)=Nc2ccccc2N1)c1ccccc1. The van der Waals surface area contributed by atoms with Gasteiger partial charge in [0.05, 0.1) is 22.8 Å². The van der Waals surface area contributed by atoms with E-state index in [4.69, 9.17) is 4.99 Å². The van der Waals surface area contributed by atoms with Crippen LogP contribution in [0.5, 0.6) is 0 Å². The van der Waals surface area contributed by atoms with Crippen LogP contribution >= 0.6 is 0 Å². The van der Waals surface area contributed by atoms with Crippen LogP contribution < -0.4 is 5.32 Å². The molecule has 0 bridgehead atoms. The Morgan fingerprint density at radius 1 is 0.760 bits per heavy atom. The summed E-state index contributed by atoms with van der Waals surface area (Å²) in [5.41, 5.74) is 4.53. The molecule has 0 unspecified atom stereocenters. The highest BCUT2D eigenvalue weighted by Crippen LogP contribution is 2.30. The first kappa shape index (κ1) is 15.1. The predicted octanol–water partition coefficient (Wildman–Crippen LogP) is 5.00. The molecular formula is C22H16N2O. The average Bonchev–Trinajstić information content (AvgIpc) is 2.88. The van der Waals surface area contributed by atoms with Gasteiger partial charge in [0.15, 0.2) is 0 Å². The summed E-state index contributed by atoms with van der Waals surface area (Å²) < 4.78 is 0. The Balaban J connectivity index is 1.84. The summed E-state index contributed by atoms with van der Waals surface area (Å²) in [6, 6.07) is 26.9. The van der Waals surface area contributed by atoms with Gasteiger partial charge in [0.25, 0.3) is 0 Å². The third kappa shape index (κ3) is 3.12. The van der Waals surface area contributed by atoms with Crippen molar-refractivity contribution in [3.05, 3.63) is 108 Å². The first-order valence-electron chi connectivity index (χ1n) is 8.13. The molecule has 3 aromatic carbocycles. The minimum Gasteiger partial charge on any atom is -0.350 e. The second-order valence-corrected chi connectivity index (χ2v) is 5.76. The average molecular weight is 324 g/mol. The molecule has 3 nitrogen and oxygen atoms in total. The number of allylic oxidation sites excluding steroid dienone is 2. The van der Waals surface area contributed by atoms with Crippen LogP contribution in [0, 0.1) is 0 Å². The van der Waals surface area contributed by atoms with Gasteiger partial charge in [0.2, 0.25) is 5.78 Å². The number of Topliss-reactive ketones (excluding diaryl/α,β-unsaturated/α-hetero) is 1. The van der Waals surface area contributed by atoms with Crippen LogP contribution in [0.15, 0.2) is 102 Å². The van der Waals surface area contributed by atoms with Gasteiger partial charge in [-0.15, -0.1) is 0 Å². The molecule has 0 aliphatic carbocycles. The summed E-state index contributed by atoms with van der Waals surface area (Å²) in [4.78, 5) is 17.7. The van der Waals surface area contributed by atoms with Crippen LogP contribution in [0.25, 0.3) is 0 Å². The van der Waals surface area contributed by atoms with Gasteiger partial charge in [-0.05, 0) is 18.2 Å². The van der Waals surface area contributed by atoms with Crippen LogP contribution in [-0.4, -0.2) is 11.5 Å². The highest BCUT2D eigenvalue weighted by Gasteiger charge is 2.18. The quantitative estimate of drug-likeness (QED) is 0.689. The Labute approximate surface area is 146 Å². The van der Waals surface area contributed by atoms with E-state index in [1.54, 1.807) is 0 Å². The van der Waals surface area contributed by atoms with E-state index in [1.807, 2.05) is 91.0 Å². The van der Waals surface area contributed by atoms with Crippen molar-refractivity contribution in [1.29, 1.82) is 0 Å². The van der Waals surface area contributed by atoms with E-state index >= 15 is 0 Å². The maximum absolute atomic E-state index is 13.0.